The smallest absolute Gasteiger partial charge is 0.265 e. The van der Waals surface area contributed by atoms with Crippen LogP contribution < -0.4 is 10.9 Å². The number of carbonyl (C=O) groups is 1. The molecule has 0 saturated carbocycles. The highest BCUT2D eigenvalue weighted by Crippen LogP contribution is 2.33. The molecule has 4 aromatic rings. The molecule has 1 unspecified atom stereocenters. The number of carbonyl (C=O) groups excluding carboxylic acids is 1. The van der Waals surface area contributed by atoms with E-state index in [-0.39, 0.29) is 23.9 Å². The molecule has 5 rings (SSSR count). The molecular weight excluding hydrogens is 457 g/mol. The normalized spacial score (nSPS) is 15.2. The van der Waals surface area contributed by atoms with E-state index in [1.165, 1.54) is 18.0 Å². The predicted octanol–water partition coefficient (Wildman–Crippen LogP) is 4.56. The number of hydrogen-bond donors (Lipinski definition) is 1. The van der Waals surface area contributed by atoms with Crippen LogP contribution in [0.4, 0.5) is 5.69 Å². The topological polar surface area (TPSA) is 81.8 Å². The van der Waals surface area contributed by atoms with Crippen molar-refractivity contribution in [2.24, 2.45) is 0 Å². The molecule has 1 aliphatic heterocycles. The summed E-state index contributed by atoms with van der Waals surface area (Å²) in [5.41, 5.74) is 1.64. The summed E-state index contributed by atoms with van der Waals surface area (Å²) < 4.78 is 3.20. The molecule has 0 fully saturated rings. The van der Waals surface area contributed by atoms with Crippen molar-refractivity contribution in [2.75, 3.05) is 11.1 Å². The standard InChI is InChI=1S/C21H15Cl2N5O2S/c22-12-4-6-14(7-5-12)25-18(29)9-16-11-31-21-26-19-17(20(30)27(16)21)10-24-28(19)15-3-1-2-13(23)8-15/h1-8,10,16H,9,11H2,(H,25,29). The molecule has 3 heterocycles. The fourth-order valence-corrected chi connectivity index (χ4v) is 4.98. The van der Waals surface area contributed by atoms with Crippen LogP contribution in [0.2, 0.25) is 10.0 Å². The lowest BCUT2D eigenvalue weighted by Crippen LogP contribution is -2.27. The number of fused-ring (bicyclic) bond motifs is 2. The van der Waals surface area contributed by atoms with Gasteiger partial charge in [0.2, 0.25) is 5.91 Å². The molecule has 0 radical (unpaired) electrons. The third kappa shape index (κ3) is 3.82. The first-order valence-corrected chi connectivity index (χ1v) is 11.2. The van der Waals surface area contributed by atoms with Gasteiger partial charge in [-0.2, -0.15) is 5.10 Å². The lowest BCUT2D eigenvalue weighted by atomic mass is 10.2. The SMILES string of the molecule is O=C(CC1CSc2nc3c(cnn3-c3cccc(Cl)c3)c(=O)n21)Nc1ccc(Cl)cc1. The van der Waals surface area contributed by atoms with Crippen molar-refractivity contribution >= 4 is 57.6 Å². The number of benzene rings is 2. The minimum Gasteiger partial charge on any atom is -0.326 e. The summed E-state index contributed by atoms with van der Waals surface area (Å²) in [5, 5.41) is 9.32. The number of amides is 1. The van der Waals surface area contributed by atoms with Crippen molar-refractivity contribution in [3.05, 3.63) is 75.1 Å². The van der Waals surface area contributed by atoms with Crippen LogP contribution in [0.5, 0.6) is 0 Å². The van der Waals surface area contributed by atoms with Crippen molar-refractivity contribution in [2.45, 2.75) is 17.6 Å². The van der Waals surface area contributed by atoms with Crippen molar-refractivity contribution in [3.63, 3.8) is 0 Å². The Hall–Kier alpha value is -2.81. The summed E-state index contributed by atoms with van der Waals surface area (Å²) in [7, 11) is 0. The van der Waals surface area contributed by atoms with Gasteiger partial charge in [-0.3, -0.25) is 14.2 Å². The van der Waals surface area contributed by atoms with E-state index in [2.05, 4.69) is 15.4 Å². The molecule has 1 aliphatic rings. The molecule has 10 heteroatoms. The Bertz CT molecular complexity index is 1370. The van der Waals surface area contributed by atoms with Gasteiger partial charge in [0.15, 0.2) is 10.8 Å². The van der Waals surface area contributed by atoms with Crippen LogP contribution in [0.3, 0.4) is 0 Å². The van der Waals surface area contributed by atoms with Gasteiger partial charge in [0.05, 0.1) is 17.9 Å². The zero-order valence-corrected chi connectivity index (χ0v) is 18.3. The third-order valence-electron chi connectivity index (χ3n) is 4.97. The molecule has 0 aliphatic carbocycles. The quantitative estimate of drug-likeness (QED) is 0.441. The fraction of sp³-hybridized carbons (Fsp3) is 0.143. The summed E-state index contributed by atoms with van der Waals surface area (Å²) in [6.07, 6.45) is 1.67. The van der Waals surface area contributed by atoms with Crippen LogP contribution in [0.1, 0.15) is 12.5 Å². The number of hydrogen-bond acceptors (Lipinski definition) is 5. The van der Waals surface area contributed by atoms with Gasteiger partial charge in [-0.1, -0.05) is 41.0 Å². The highest BCUT2D eigenvalue weighted by atomic mass is 35.5. The van der Waals surface area contributed by atoms with Crippen molar-refractivity contribution < 1.29 is 4.79 Å². The number of nitrogens with zero attached hydrogens (tertiary/aromatic N) is 4. The molecule has 2 aromatic carbocycles. The molecule has 1 atom stereocenters. The average Bonchev–Trinajstić information content (AvgIpc) is 3.35. The molecule has 0 spiro atoms. The zero-order chi connectivity index (χ0) is 21.5. The van der Waals surface area contributed by atoms with E-state index in [1.807, 2.05) is 12.1 Å². The maximum Gasteiger partial charge on any atom is 0.265 e. The first kappa shape index (κ1) is 20.1. The van der Waals surface area contributed by atoms with Gasteiger partial charge in [0.1, 0.15) is 5.39 Å². The number of thioether (sulfide) groups is 1. The van der Waals surface area contributed by atoms with Gasteiger partial charge >= 0.3 is 0 Å². The molecule has 7 nitrogen and oxygen atoms in total. The van der Waals surface area contributed by atoms with Gasteiger partial charge in [-0.15, -0.1) is 0 Å². The largest absolute Gasteiger partial charge is 0.326 e. The molecule has 1 amide bonds. The van der Waals surface area contributed by atoms with Gasteiger partial charge in [-0.25, -0.2) is 9.67 Å². The number of aromatic nitrogens is 4. The Balaban J connectivity index is 1.44. The molecule has 31 heavy (non-hydrogen) atoms. The maximum atomic E-state index is 13.2. The molecule has 0 saturated heterocycles. The summed E-state index contributed by atoms with van der Waals surface area (Å²) in [4.78, 5) is 30.4. The Morgan fingerprint density at radius 1 is 1.16 bits per heavy atom. The Labute approximate surface area is 191 Å². The number of halogens is 2. The van der Waals surface area contributed by atoms with Gasteiger partial charge in [0.25, 0.3) is 5.56 Å². The van der Waals surface area contributed by atoms with Crippen LogP contribution >= 0.6 is 35.0 Å². The van der Waals surface area contributed by atoms with E-state index in [0.717, 1.165) is 5.69 Å². The zero-order valence-electron chi connectivity index (χ0n) is 16.0. The monoisotopic (exact) mass is 471 g/mol. The first-order chi connectivity index (χ1) is 15.0. The van der Waals surface area contributed by atoms with Crippen molar-refractivity contribution in [3.8, 4) is 5.69 Å². The molecule has 1 N–H and O–H groups in total. The lowest BCUT2D eigenvalue weighted by Gasteiger charge is -2.13. The van der Waals surface area contributed by atoms with Crippen molar-refractivity contribution in [1.29, 1.82) is 0 Å². The number of nitrogens with one attached hydrogen (secondary N) is 1. The van der Waals surface area contributed by atoms with Crippen LogP contribution in [0.15, 0.2) is 64.7 Å². The highest BCUT2D eigenvalue weighted by Gasteiger charge is 2.29. The second-order valence-corrected chi connectivity index (χ2v) is 8.93. The Morgan fingerprint density at radius 3 is 2.74 bits per heavy atom. The Kier molecular flexibility index (Phi) is 5.21. The maximum absolute atomic E-state index is 13.2. The van der Waals surface area contributed by atoms with E-state index in [1.54, 1.807) is 45.6 Å². The van der Waals surface area contributed by atoms with E-state index in [4.69, 9.17) is 23.2 Å². The minimum atomic E-state index is -0.286. The Morgan fingerprint density at radius 2 is 1.97 bits per heavy atom. The summed E-state index contributed by atoms with van der Waals surface area (Å²) in [6, 6.07) is 13.8. The third-order valence-corrected chi connectivity index (χ3v) is 6.56. The second-order valence-electron chi connectivity index (χ2n) is 7.07. The summed E-state index contributed by atoms with van der Waals surface area (Å²) in [5.74, 6) is 0.412. The predicted molar refractivity (Wildman–Crippen MR) is 123 cm³/mol. The van der Waals surface area contributed by atoms with Gasteiger partial charge in [-0.05, 0) is 42.5 Å². The van der Waals surface area contributed by atoms with Crippen LogP contribution in [0.25, 0.3) is 16.7 Å². The van der Waals surface area contributed by atoms with Gasteiger partial charge in [0, 0.05) is 27.9 Å². The van der Waals surface area contributed by atoms with E-state index >= 15 is 0 Å². The molecular formula is C21H15Cl2N5O2S. The van der Waals surface area contributed by atoms with Crippen molar-refractivity contribution in [1.82, 2.24) is 19.3 Å². The summed E-state index contributed by atoms with van der Waals surface area (Å²) in [6.45, 7) is 0. The minimum absolute atomic E-state index is 0.165. The first-order valence-electron chi connectivity index (χ1n) is 9.44. The van der Waals surface area contributed by atoms with E-state index < -0.39 is 0 Å². The average molecular weight is 472 g/mol. The van der Waals surface area contributed by atoms with Crippen LogP contribution in [-0.2, 0) is 4.79 Å². The lowest BCUT2D eigenvalue weighted by molar-refractivity contribution is -0.116. The second kappa shape index (κ2) is 8.03. The van der Waals surface area contributed by atoms with Gasteiger partial charge < -0.3 is 5.32 Å². The highest BCUT2D eigenvalue weighted by molar-refractivity contribution is 7.99. The van der Waals surface area contributed by atoms with Crippen LogP contribution in [0, 0.1) is 0 Å². The van der Waals surface area contributed by atoms with E-state index in [0.29, 0.717) is 37.7 Å². The summed E-state index contributed by atoms with van der Waals surface area (Å²) >= 11 is 13.4. The number of anilines is 1. The molecule has 156 valence electrons. The number of rotatable bonds is 4. The molecule has 0 bridgehead atoms. The van der Waals surface area contributed by atoms with Crippen LogP contribution in [-0.4, -0.2) is 31.0 Å². The van der Waals surface area contributed by atoms with E-state index in [9.17, 15) is 9.59 Å². The molecule has 2 aromatic heterocycles. The fourth-order valence-electron chi connectivity index (χ4n) is 3.54.